The van der Waals surface area contributed by atoms with Gasteiger partial charge in [0.25, 0.3) is 0 Å². The maximum Gasteiger partial charge on any atom is 0.127 e. The molecule has 0 saturated heterocycles. The van der Waals surface area contributed by atoms with Crippen LogP contribution < -0.4 is 0 Å². The van der Waals surface area contributed by atoms with Gasteiger partial charge in [-0.3, -0.25) is 4.21 Å². The second kappa shape index (κ2) is 3.78. The molecule has 0 fully saturated rings. The van der Waals surface area contributed by atoms with E-state index in [0.717, 1.165) is 5.56 Å². The quantitative estimate of drug-likeness (QED) is 0.658. The Morgan fingerprint density at radius 3 is 2.83 bits per heavy atom. The zero-order valence-electron chi connectivity index (χ0n) is 6.54. The van der Waals surface area contributed by atoms with Crippen LogP contribution in [0.2, 0.25) is 0 Å². The van der Waals surface area contributed by atoms with Crippen LogP contribution >= 0.6 is 0 Å². The van der Waals surface area contributed by atoms with Crippen LogP contribution in [0.5, 0.6) is 0 Å². The number of hydrogen-bond acceptors (Lipinski definition) is 2. The molecule has 0 spiro atoms. The molecule has 0 saturated carbocycles. The Morgan fingerprint density at radius 2 is 2.25 bits per heavy atom. The van der Waals surface area contributed by atoms with Crippen LogP contribution in [0.25, 0.3) is 0 Å². The number of rotatable bonds is 2. The van der Waals surface area contributed by atoms with Crippen molar-refractivity contribution in [3.8, 4) is 0 Å². The predicted octanol–water partition coefficient (Wildman–Crippen LogP) is 1.51. The SMILES string of the molecule is Cc1ccc(F)c(CS(=O)[O-])c1. The van der Waals surface area contributed by atoms with Gasteiger partial charge in [-0.25, -0.2) is 4.39 Å². The summed E-state index contributed by atoms with van der Waals surface area (Å²) in [6.07, 6.45) is 0. The zero-order chi connectivity index (χ0) is 9.14. The molecule has 1 aromatic carbocycles. The second-order valence-corrected chi connectivity index (χ2v) is 3.44. The smallest absolute Gasteiger partial charge is 0.127 e. The molecule has 1 unspecified atom stereocenters. The van der Waals surface area contributed by atoms with Gasteiger partial charge >= 0.3 is 0 Å². The largest absolute Gasteiger partial charge is 0.772 e. The summed E-state index contributed by atoms with van der Waals surface area (Å²) in [5.41, 5.74) is 1.08. The molecule has 0 radical (unpaired) electrons. The fraction of sp³-hybridized carbons (Fsp3) is 0.250. The minimum absolute atomic E-state index is 0.225. The fourth-order valence-corrected chi connectivity index (χ4v) is 1.42. The van der Waals surface area contributed by atoms with Gasteiger partial charge in [0.2, 0.25) is 0 Å². The van der Waals surface area contributed by atoms with Crippen LogP contribution in [-0.4, -0.2) is 8.76 Å². The first kappa shape index (κ1) is 9.35. The van der Waals surface area contributed by atoms with Gasteiger partial charge in [0.05, 0.1) is 0 Å². The Hall–Kier alpha value is -0.740. The van der Waals surface area contributed by atoms with E-state index in [2.05, 4.69) is 0 Å². The summed E-state index contributed by atoms with van der Waals surface area (Å²) in [6.45, 7) is 1.79. The molecule has 1 rings (SSSR count). The molecule has 4 heteroatoms. The third-order valence-corrected chi connectivity index (χ3v) is 2.02. The van der Waals surface area contributed by atoms with E-state index in [0.29, 0.717) is 0 Å². The third-order valence-electron chi connectivity index (χ3n) is 1.47. The molecule has 0 aliphatic heterocycles. The minimum atomic E-state index is -2.23. The molecule has 1 atom stereocenters. The molecule has 0 amide bonds. The molecule has 12 heavy (non-hydrogen) atoms. The topological polar surface area (TPSA) is 40.1 Å². The van der Waals surface area contributed by atoms with E-state index < -0.39 is 16.9 Å². The van der Waals surface area contributed by atoms with E-state index in [4.69, 9.17) is 0 Å². The van der Waals surface area contributed by atoms with E-state index in [1.54, 1.807) is 13.0 Å². The van der Waals surface area contributed by atoms with Gasteiger partial charge < -0.3 is 4.55 Å². The van der Waals surface area contributed by atoms with Crippen LogP contribution in [0.1, 0.15) is 11.1 Å². The van der Waals surface area contributed by atoms with Gasteiger partial charge in [-0.2, -0.15) is 0 Å². The molecule has 1 aromatic rings. The van der Waals surface area contributed by atoms with Crippen LogP contribution in [-0.2, 0) is 16.8 Å². The summed E-state index contributed by atoms with van der Waals surface area (Å²) in [5, 5.41) is 0. The van der Waals surface area contributed by atoms with Crippen molar-refractivity contribution in [3.63, 3.8) is 0 Å². The van der Waals surface area contributed by atoms with Crippen molar-refractivity contribution in [2.45, 2.75) is 12.7 Å². The zero-order valence-corrected chi connectivity index (χ0v) is 7.36. The van der Waals surface area contributed by atoms with Crippen LogP contribution in [0, 0.1) is 12.7 Å². The number of hydrogen-bond donors (Lipinski definition) is 0. The molecule has 0 bridgehead atoms. The summed E-state index contributed by atoms with van der Waals surface area (Å²) >= 11 is -2.23. The molecule has 0 aliphatic rings. The first-order chi connectivity index (χ1) is 5.59. The van der Waals surface area contributed by atoms with E-state index >= 15 is 0 Å². The number of halogens is 1. The highest BCUT2D eigenvalue weighted by Crippen LogP contribution is 2.11. The van der Waals surface area contributed by atoms with E-state index in [1.165, 1.54) is 12.1 Å². The molecule has 66 valence electrons. The lowest BCUT2D eigenvalue weighted by Gasteiger charge is -2.06. The summed E-state index contributed by atoms with van der Waals surface area (Å²) in [6, 6.07) is 4.41. The van der Waals surface area contributed by atoms with Crippen molar-refractivity contribution in [2.75, 3.05) is 0 Å². The molecular formula is C8H8FO2S-. The van der Waals surface area contributed by atoms with E-state index in [9.17, 15) is 13.2 Å². The van der Waals surface area contributed by atoms with Crippen molar-refractivity contribution in [2.24, 2.45) is 0 Å². The van der Waals surface area contributed by atoms with Crippen molar-refractivity contribution in [1.29, 1.82) is 0 Å². The first-order valence-electron chi connectivity index (χ1n) is 3.40. The van der Waals surface area contributed by atoms with Crippen LogP contribution in [0.15, 0.2) is 18.2 Å². The predicted molar refractivity (Wildman–Crippen MR) is 43.8 cm³/mol. The lowest BCUT2D eigenvalue weighted by atomic mass is 10.1. The Bertz CT molecular complexity index is 312. The highest BCUT2D eigenvalue weighted by Gasteiger charge is 2.01. The normalized spacial score (nSPS) is 12.9. The van der Waals surface area contributed by atoms with E-state index in [-0.39, 0.29) is 11.3 Å². The first-order valence-corrected chi connectivity index (χ1v) is 4.65. The van der Waals surface area contributed by atoms with Crippen molar-refractivity contribution < 1.29 is 13.2 Å². The number of benzene rings is 1. The standard InChI is InChI=1S/C8H9FO2S/c1-6-2-3-8(9)7(4-6)5-12(10)11/h2-4H,5H2,1H3,(H,10,11)/p-1. The monoisotopic (exact) mass is 187 g/mol. The molecule has 0 N–H and O–H groups in total. The lowest BCUT2D eigenvalue weighted by molar-refractivity contribution is 0.533. The molecule has 0 aromatic heterocycles. The Balaban J connectivity index is 2.97. The maximum atomic E-state index is 12.9. The summed E-state index contributed by atoms with van der Waals surface area (Å²) < 4.78 is 33.4. The summed E-state index contributed by atoms with van der Waals surface area (Å²) in [7, 11) is 0. The van der Waals surface area contributed by atoms with Crippen LogP contribution in [0.4, 0.5) is 4.39 Å². The van der Waals surface area contributed by atoms with Gasteiger partial charge in [0.15, 0.2) is 0 Å². The molecule has 0 heterocycles. The van der Waals surface area contributed by atoms with Crippen molar-refractivity contribution >= 4 is 11.1 Å². The average Bonchev–Trinajstić information content (AvgIpc) is 1.96. The average molecular weight is 187 g/mol. The Kier molecular flexibility index (Phi) is 2.94. The van der Waals surface area contributed by atoms with Gasteiger partial charge in [0.1, 0.15) is 5.82 Å². The highest BCUT2D eigenvalue weighted by molar-refractivity contribution is 7.78. The molecule has 0 aliphatic carbocycles. The Labute approximate surface area is 72.7 Å². The third kappa shape index (κ3) is 2.39. The minimum Gasteiger partial charge on any atom is -0.772 e. The molecule has 2 nitrogen and oxygen atoms in total. The van der Waals surface area contributed by atoms with Gasteiger partial charge in [0, 0.05) is 5.75 Å². The van der Waals surface area contributed by atoms with Gasteiger partial charge in [-0.15, -0.1) is 0 Å². The summed E-state index contributed by atoms with van der Waals surface area (Å²) in [5.74, 6) is -0.724. The van der Waals surface area contributed by atoms with Gasteiger partial charge in [-0.1, -0.05) is 28.8 Å². The van der Waals surface area contributed by atoms with Crippen molar-refractivity contribution in [3.05, 3.63) is 35.1 Å². The molecular weight excluding hydrogens is 179 g/mol. The summed E-state index contributed by atoms with van der Waals surface area (Å²) in [4.78, 5) is 0. The Morgan fingerprint density at radius 1 is 1.58 bits per heavy atom. The van der Waals surface area contributed by atoms with Crippen LogP contribution in [0.3, 0.4) is 0 Å². The second-order valence-electron chi connectivity index (χ2n) is 2.54. The van der Waals surface area contributed by atoms with Crippen molar-refractivity contribution in [1.82, 2.24) is 0 Å². The van der Waals surface area contributed by atoms with Gasteiger partial charge in [-0.05, 0) is 18.6 Å². The highest BCUT2D eigenvalue weighted by atomic mass is 32.2. The number of aryl methyl sites for hydroxylation is 1. The lowest BCUT2D eigenvalue weighted by Crippen LogP contribution is -1.97. The van der Waals surface area contributed by atoms with E-state index in [1.807, 2.05) is 0 Å². The fourth-order valence-electron chi connectivity index (χ4n) is 0.941. The maximum absolute atomic E-state index is 12.9.